The van der Waals surface area contributed by atoms with Crippen molar-refractivity contribution in [2.24, 2.45) is 7.05 Å². The minimum Gasteiger partial charge on any atom is -0.396 e. The molecule has 0 fully saturated rings. The van der Waals surface area contributed by atoms with Gasteiger partial charge in [-0.3, -0.25) is 9.48 Å². The van der Waals surface area contributed by atoms with Crippen molar-refractivity contribution in [2.75, 3.05) is 32.5 Å². The molecule has 0 unspecified atom stereocenters. The molecular weight excluding hydrogens is 220 g/mol. The fraction of sp³-hybridized carbons (Fsp3) is 0.455. The first-order chi connectivity index (χ1) is 8.10. The number of anilines is 1. The number of carbonyl (C=O) groups is 1. The van der Waals surface area contributed by atoms with Crippen molar-refractivity contribution in [2.45, 2.75) is 0 Å². The van der Waals surface area contributed by atoms with E-state index in [2.05, 4.69) is 11.7 Å². The van der Waals surface area contributed by atoms with Crippen LogP contribution in [0.2, 0.25) is 0 Å². The number of hydrogen-bond acceptors (Lipinski definition) is 4. The third kappa shape index (κ3) is 3.32. The quantitative estimate of drug-likeness (QED) is 0.722. The maximum absolute atomic E-state index is 12.1. The number of rotatable bonds is 6. The number of methoxy groups -OCH3 is 1. The van der Waals surface area contributed by atoms with E-state index in [9.17, 15) is 4.79 Å². The molecule has 0 saturated carbocycles. The van der Waals surface area contributed by atoms with Crippen LogP contribution in [0.3, 0.4) is 0 Å². The second-order valence-corrected chi connectivity index (χ2v) is 3.64. The Morgan fingerprint density at radius 1 is 1.76 bits per heavy atom. The molecule has 0 aliphatic rings. The molecule has 0 spiro atoms. The van der Waals surface area contributed by atoms with E-state index >= 15 is 0 Å². The van der Waals surface area contributed by atoms with Gasteiger partial charge in [0.05, 0.1) is 12.3 Å². The fourth-order valence-corrected chi connectivity index (χ4v) is 1.46. The van der Waals surface area contributed by atoms with Crippen molar-refractivity contribution in [3.63, 3.8) is 0 Å². The number of aromatic nitrogens is 2. The van der Waals surface area contributed by atoms with Crippen LogP contribution >= 0.6 is 0 Å². The van der Waals surface area contributed by atoms with E-state index in [-0.39, 0.29) is 11.6 Å². The molecule has 6 nitrogen and oxygen atoms in total. The van der Waals surface area contributed by atoms with Crippen molar-refractivity contribution < 1.29 is 9.53 Å². The smallest absolute Gasteiger partial charge is 0.276 e. The summed E-state index contributed by atoms with van der Waals surface area (Å²) in [4.78, 5) is 13.7. The lowest BCUT2D eigenvalue weighted by Gasteiger charge is -2.19. The van der Waals surface area contributed by atoms with Crippen LogP contribution in [0.15, 0.2) is 18.9 Å². The van der Waals surface area contributed by atoms with Crippen molar-refractivity contribution in [1.82, 2.24) is 14.7 Å². The molecule has 0 aliphatic heterocycles. The molecule has 1 amide bonds. The second-order valence-electron chi connectivity index (χ2n) is 3.64. The third-order valence-corrected chi connectivity index (χ3v) is 2.26. The van der Waals surface area contributed by atoms with Crippen LogP contribution in [0, 0.1) is 0 Å². The summed E-state index contributed by atoms with van der Waals surface area (Å²) in [5, 5.41) is 4.05. The molecule has 0 saturated heterocycles. The Kier molecular flexibility index (Phi) is 4.71. The number of carbonyl (C=O) groups excluding carboxylic acids is 1. The molecular formula is C11H18N4O2. The van der Waals surface area contributed by atoms with Gasteiger partial charge in [0.15, 0.2) is 5.69 Å². The minimum absolute atomic E-state index is 0.208. The Morgan fingerprint density at radius 3 is 2.94 bits per heavy atom. The third-order valence-electron chi connectivity index (χ3n) is 2.26. The van der Waals surface area contributed by atoms with E-state index in [4.69, 9.17) is 10.5 Å². The molecule has 0 radical (unpaired) electrons. The van der Waals surface area contributed by atoms with Crippen LogP contribution in [0.25, 0.3) is 0 Å². The van der Waals surface area contributed by atoms with Gasteiger partial charge in [0.1, 0.15) is 0 Å². The topological polar surface area (TPSA) is 73.4 Å². The highest BCUT2D eigenvalue weighted by atomic mass is 16.5. The number of nitrogens with zero attached hydrogens (tertiary/aromatic N) is 3. The largest absolute Gasteiger partial charge is 0.396 e. The maximum atomic E-state index is 12.1. The molecule has 1 aromatic rings. The highest BCUT2D eigenvalue weighted by molar-refractivity contribution is 5.97. The van der Waals surface area contributed by atoms with Crippen LogP contribution in [0.5, 0.6) is 0 Å². The van der Waals surface area contributed by atoms with Gasteiger partial charge < -0.3 is 15.4 Å². The summed E-state index contributed by atoms with van der Waals surface area (Å²) in [5.41, 5.74) is 6.36. The molecule has 1 aromatic heterocycles. The molecule has 6 heteroatoms. The van der Waals surface area contributed by atoms with Gasteiger partial charge in [-0.25, -0.2) is 0 Å². The number of nitrogens with two attached hydrogens (primary N) is 1. The first kappa shape index (κ1) is 13.2. The van der Waals surface area contributed by atoms with Gasteiger partial charge in [-0.1, -0.05) is 6.08 Å². The molecule has 2 N–H and O–H groups in total. The van der Waals surface area contributed by atoms with Gasteiger partial charge in [-0.2, -0.15) is 5.10 Å². The minimum atomic E-state index is -0.208. The predicted molar refractivity (Wildman–Crippen MR) is 65.6 cm³/mol. The molecule has 0 aliphatic carbocycles. The number of hydrogen-bond donors (Lipinski definition) is 1. The normalized spacial score (nSPS) is 10.2. The van der Waals surface area contributed by atoms with E-state index in [1.807, 2.05) is 0 Å². The summed E-state index contributed by atoms with van der Waals surface area (Å²) in [6.07, 6.45) is 3.27. The highest BCUT2D eigenvalue weighted by Crippen LogP contribution is 2.11. The Labute approximate surface area is 101 Å². The number of amides is 1. The van der Waals surface area contributed by atoms with Gasteiger partial charge >= 0.3 is 0 Å². The number of nitrogen functional groups attached to an aromatic ring is 1. The second kappa shape index (κ2) is 6.05. The number of aryl methyl sites for hydroxylation is 1. The Hall–Kier alpha value is -1.82. The predicted octanol–water partition coefficient (Wildman–Crippen LogP) is 0.277. The van der Waals surface area contributed by atoms with Crippen molar-refractivity contribution in [3.8, 4) is 0 Å². The first-order valence-corrected chi connectivity index (χ1v) is 5.28. The molecule has 17 heavy (non-hydrogen) atoms. The lowest BCUT2D eigenvalue weighted by atomic mass is 10.3. The maximum Gasteiger partial charge on any atom is 0.276 e. The zero-order valence-electron chi connectivity index (χ0n) is 10.2. The SMILES string of the molecule is C=CCN(CCOC)C(=O)c1nn(C)cc1N. The van der Waals surface area contributed by atoms with E-state index in [1.54, 1.807) is 31.3 Å². The standard InChI is InChI=1S/C11H18N4O2/c1-4-5-15(6-7-17-3)11(16)10-9(12)8-14(2)13-10/h4,8H,1,5-7,12H2,2-3H3. The van der Waals surface area contributed by atoms with Gasteiger partial charge in [0, 0.05) is 33.4 Å². The first-order valence-electron chi connectivity index (χ1n) is 5.28. The summed E-state index contributed by atoms with van der Waals surface area (Å²) in [6, 6.07) is 0. The fourth-order valence-electron chi connectivity index (χ4n) is 1.46. The molecule has 1 rings (SSSR count). The zero-order chi connectivity index (χ0) is 12.8. The van der Waals surface area contributed by atoms with Gasteiger partial charge in [-0.05, 0) is 0 Å². The summed E-state index contributed by atoms with van der Waals surface area (Å²) < 4.78 is 6.47. The van der Waals surface area contributed by atoms with Crippen molar-refractivity contribution in [3.05, 3.63) is 24.5 Å². The van der Waals surface area contributed by atoms with Gasteiger partial charge in [-0.15, -0.1) is 6.58 Å². The van der Waals surface area contributed by atoms with Crippen molar-refractivity contribution >= 4 is 11.6 Å². The number of ether oxygens (including phenoxy) is 1. The molecule has 0 bridgehead atoms. The lowest BCUT2D eigenvalue weighted by molar-refractivity contribution is 0.0712. The van der Waals surface area contributed by atoms with E-state index in [1.165, 1.54) is 4.68 Å². The molecule has 0 atom stereocenters. The monoisotopic (exact) mass is 238 g/mol. The zero-order valence-corrected chi connectivity index (χ0v) is 10.2. The van der Waals surface area contributed by atoms with Crippen LogP contribution in [-0.4, -0.2) is 47.4 Å². The summed E-state index contributed by atoms with van der Waals surface area (Å²) in [6.45, 7) is 5.01. The van der Waals surface area contributed by atoms with Gasteiger partial charge in [0.2, 0.25) is 0 Å². The average molecular weight is 238 g/mol. The van der Waals surface area contributed by atoms with E-state index in [0.29, 0.717) is 25.4 Å². The highest BCUT2D eigenvalue weighted by Gasteiger charge is 2.19. The van der Waals surface area contributed by atoms with Crippen LogP contribution in [0.1, 0.15) is 10.5 Å². The Morgan fingerprint density at radius 2 is 2.47 bits per heavy atom. The van der Waals surface area contributed by atoms with Crippen LogP contribution in [0.4, 0.5) is 5.69 Å². The lowest BCUT2D eigenvalue weighted by Crippen LogP contribution is -2.34. The molecule has 0 aromatic carbocycles. The summed E-state index contributed by atoms with van der Waals surface area (Å²) in [7, 11) is 3.31. The average Bonchev–Trinajstić information content (AvgIpc) is 2.63. The van der Waals surface area contributed by atoms with Gasteiger partial charge in [0.25, 0.3) is 5.91 Å². The van der Waals surface area contributed by atoms with Crippen LogP contribution < -0.4 is 5.73 Å². The molecule has 94 valence electrons. The van der Waals surface area contributed by atoms with E-state index in [0.717, 1.165) is 0 Å². The molecule has 1 heterocycles. The van der Waals surface area contributed by atoms with Crippen LogP contribution in [-0.2, 0) is 11.8 Å². The Balaban J connectivity index is 2.83. The van der Waals surface area contributed by atoms with E-state index < -0.39 is 0 Å². The summed E-state index contributed by atoms with van der Waals surface area (Å²) in [5.74, 6) is -0.208. The van der Waals surface area contributed by atoms with Crippen molar-refractivity contribution in [1.29, 1.82) is 0 Å². The summed E-state index contributed by atoms with van der Waals surface area (Å²) >= 11 is 0. The Bertz CT molecular complexity index is 400.